The molecular formula is C22H23N3O3. The molecule has 1 amide bonds. The lowest BCUT2D eigenvalue weighted by molar-refractivity contribution is -0.124. The van der Waals surface area contributed by atoms with Crippen molar-refractivity contribution in [3.05, 3.63) is 72.4 Å². The molecule has 3 rings (SSSR count). The topological polar surface area (TPSA) is 73.2 Å². The fourth-order valence-electron chi connectivity index (χ4n) is 2.70. The van der Waals surface area contributed by atoms with Crippen LogP contribution in [0.25, 0.3) is 16.9 Å². The molecule has 1 N–H and O–H groups in total. The highest BCUT2D eigenvalue weighted by atomic mass is 16.5. The van der Waals surface area contributed by atoms with E-state index in [9.17, 15) is 9.59 Å². The largest absolute Gasteiger partial charge is 0.451 e. The lowest BCUT2D eigenvalue weighted by Crippen LogP contribution is -2.29. The van der Waals surface area contributed by atoms with Crippen molar-refractivity contribution in [2.75, 3.05) is 13.2 Å². The number of unbranched alkanes of at least 4 members (excludes halogenated alkanes) is 1. The molecular weight excluding hydrogens is 354 g/mol. The third-order valence-electron chi connectivity index (χ3n) is 4.18. The molecule has 6 nitrogen and oxygen atoms in total. The number of amides is 1. The monoisotopic (exact) mass is 377 g/mol. The minimum Gasteiger partial charge on any atom is -0.451 e. The van der Waals surface area contributed by atoms with E-state index in [1.54, 1.807) is 10.7 Å². The summed E-state index contributed by atoms with van der Waals surface area (Å²) in [6.45, 7) is 2.30. The Morgan fingerprint density at radius 2 is 1.71 bits per heavy atom. The molecule has 1 heterocycles. The number of carbonyl (C=O) groups is 2. The standard InChI is InChI=1S/C22H23N3O3/c1-2-3-14-23-21(26)16-28-22(27)20-15-19(17-10-6-4-7-11-17)24-25(20)18-12-8-5-9-13-18/h4-13,15H,2-3,14,16H2,1H3,(H,23,26). The zero-order chi connectivity index (χ0) is 19.8. The highest BCUT2D eigenvalue weighted by molar-refractivity contribution is 5.91. The molecule has 0 atom stereocenters. The lowest BCUT2D eigenvalue weighted by Gasteiger charge is -2.08. The molecule has 0 fully saturated rings. The van der Waals surface area contributed by atoms with E-state index >= 15 is 0 Å². The summed E-state index contributed by atoms with van der Waals surface area (Å²) in [4.78, 5) is 24.5. The van der Waals surface area contributed by atoms with Crippen LogP contribution in [0.5, 0.6) is 0 Å². The highest BCUT2D eigenvalue weighted by Gasteiger charge is 2.19. The average Bonchev–Trinajstić information content (AvgIpc) is 3.19. The van der Waals surface area contributed by atoms with E-state index < -0.39 is 5.97 Å². The van der Waals surface area contributed by atoms with E-state index in [0.717, 1.165) is 24.1 Å². The fraction of sp³-hybridized carbons (Fsp3) is 0.227. The number of rotatable bonds is 8. The molecule has 2 aromatic carbocycles. The van der Waals surface area contributed by atoms with Gasteiger partial charge in [0.05, 0.1) is 11.4 Å². The molecule has 0 bridgehead atoms. The van der Waals surface area contributed by atoms with E-state index in [1.165, 1.54) is 0 Å². The molecule has 144 valence electrons. The van der Waals surface area contributed by atoms with Gasteiger partial charge in [0, 0.05) is 12.1 Å². The summed E-state index contributed by atoms with van der Waals surface area (Å²) in [5.41, 5.74) is 2.56. The first-order chi connectivity index (χ1) is 13.7. The number of esters is 1. The average molecular weight is 377 g/mol. The first-order valence-electron chi connectivity index (χ1n) is 9.33. The molecule has 1 aromatic heterocycles. The lowest BCUT2D eigenvalue weighted by atomic mass is 10.1. The number of hydrogen-bond donors (Lipinski definition) is 1. The second-order valence-corrected chi connectivity index (χ2v) is 6.31. The predicted octanol–water partition coefficient (Wildman–Crippen LogP) is 3.61. The number of para-hydroxylation sites is 1. The van der Waals surface area contributed by atoms with Gasteiger partial charge in [0.2, 0.25) is 0 Å². The molecule has 0 saturated heterocycles. The third kappa shape index (κ3) is 4.85. The van der Waals surface area contributed by atoms with Crippen LogP contribution in [-0.4, -0.2) is 34.8 Å². The number of benzene rings is 2. The van der Waals surface area contributed by atoms with Crippen LogP contribution in [0.1, 0.15) is 30.3 Å². The van der Waals surface area contributed by atoms with Crippen LogP contribution in [0, 0.1) is 0 Å². The Balaban J connectivity index is 1.81. The second-order valence-electron chi connectivity index (χ2n) is 6.31. The second kappa shape index (κ2) is 9.50. The number of hydrogen-bond acceptors (Lipinski definition) is 4. The van der Waals surface area contributed by atoms with Gasteiger partial charge in [0.1, 0.15) is 0 Å². The van der Waals surface area contributed by atoms with Crippen molar-refractivity contribution in [1.82, 2.24) is 15.1 Å². The summed E-state index contributed by atoms with van der Waals surface area (Å²) in [7, 11) is 0. The first-order valence-corrected chi connectivity index (χ1v) is 9.33. The van der Waals surface area contributed by atoms with Crippen molar-refractivity contribution in [3.63, 3.8) is 0 Å². The normalized spacial score (nSPS) is 10.5. The molecule has 0 aliphatic rings. The van der Waals surface area contributed by atoms with Crippen molar-refractivity contribution in [2.45, 2.75) is 19.8 Å². The van der Waals surface area contributed by atoms with Gasteiger partial charge in [-0.25, -0.2) is 9.48 Å². The van der Waals surface area contributed by atoms with E-state index in [0.29, 0.717) is 12.2 Å². The SMILES string of the molecule is CCCCNC(=O)COC(=O)c1cc(-c2ccccc2)nn1-c1ccccc1. The minimum absolute atomic E-state index is 0.270. The predicted molar refractivity (Wildman–Crippen MR) is 107 cm³/mol. The van der Waals surface area contributed by atoms with Crippen molar-refractivity contribution in [2.24, 2.45) is 0 Å². The minimum atomic E-state index is -0.593. The Morgan fingerprint density at radius 3 is 2.39 bits per heavy atom. The molecule has 0 aliphatic heterocycles. The van der Waals surface area contributed by atoms with E-state index in [-0.39, 0.29) is 18.2 Å². The van der Waals surface area contributed by atoms with Gasteiger partial charge in [0.15, 0.2) is 12.3 Å². The maximum atomic E-state index is 12.7. The Morgan fingerprint density at radius 1 is 1.04 bits per heavy atom. The maximum absolute atomic E-state index is 12.7. The molecule has 6 heteroatoms. The van der Waals surface area contributed by atoms with Crippen LogP contribution >= 0.6 is 0 Å². The summed E-state index contributed by atoms with van der Waals surface area (Å²) < 4.78 is 6.76. The van der Waals surface area contributed by atoms with Gasteiger partial charge in [-0.1, -0.05) is 61.9 Å². The summed E-state index contributed by atoms with van der Waals surface area (Å²) in [5.74, 6) is -0.903. The van der Waals surface area contributed by atoms with Crippen LogP contribution in [0.4, 0.5) is 0 Å². The van der Waals surface area contributed by atoms with Crippen LogP contribution in [0.2, 0.25) is 0 Å². The van der Waals surface area contributed by atoms with Gasteiger partial charge >= 0.3 is 5.97 Å². The Kier molecular flexibility index (Phi) is 6.57. The van der Waals surface area contributed by atoms with Gasteiger partial charge < -0.3 is 10.1 Å². The quantitative estimate of drug-likeness (QED) is 0.481. The number of carbonyl (C=O) groups excluding carboxylic acids is 2. The van der Waals surface area contributed by atoms with Crippen LogP contribution in [0.15, 0.2) is 66.7 Å². The van der Waals surface area contributed by atoms with E-state index in [4.69, 9.17) is 4.74 Å². The van der Waals surface area contributed by atoms with Crippen molar-refractivity contribution >= 4 is 11.9 Å². The number of nitrogens with one attached hydrogen (secondary N) is 1. The number of nitrogens with zero attached hydrogens (tertiary/aromatic N) is 2. The molecule has 0 saturated carbocycles. The van der Waals surface area contributed by atoms with Crippen LogP contribution in [0.3, 0.4) is 0 Å². The molecule has 0 unspecified atom stereocenters. The molecule has 0 aliphatic carbocycles. The maximum Gasteiger partial charge on any atom is 0.357 e. The van der Waals surface area contributed by atoms with Crippen molar-refractivity contribution < 1.29 is 14.3 Å². The van der Waals surface area contributed by atoms with Crippen LogP contribution < -0.4 is 5.32 Å². The molecule has 3 aromatic rings. The zero-order valence-electron chi connectivity index (χ0n) is 15.8. The number of ether oxygens (including phenoxy) is 1. The van der Waals surface area contributed by atoms with Gasteiger partial charge in [-0.15, -0.1) is 0 Å². The third-order valence-corrected chi connectivity index (χ3v) is 4.18. The Bertz CT molecular complexity index is 921. The van der Waals surface area contributed by atoms with Gasteiger partial charge in [-0.05, 0) is 24.6 Å². The molecule has 28 heavy (non-hydrogen) atoms. The van der Waals surface area contributed by atoms with E-state index in [2.05, 4.69) is 10.4 Å². The Labute approximate surface area is 164 Å². The van der Waals surface area contributed by atoms with Crippen molar-refractivity contribution in [3.8, 4) is 16.9 Å². The van der Waals surface area contributed by atoms with Gasteiger partial charge in [-0.2, -0.15) is 5.10 Å². The van der Waals surface area contributed by atoms with Crippen molar-refractivity contribution in [1.29, 1.82) is 0 Å². The summed E-state index contributed by atoms with van der Waals surface area (Å²) >= 11 is 0. The zero-order valence-corrected chi connectivity index (χ0v) is 15.8. The smallest absolute Gasteiger partial charge is 0.357 e. The van der Waals surface area contributed by atoms with Gasteiger partial charge in [0.25, 0.3) is 5.91 Å². The van der Waals surface area contributed by atoms with Crippen LogP contribution in [-0.2, 0) is 9.53 Å². The molecule has 0 spiro atoms. The number of aromatic nitrogens is 2. The highest BCUT2D eigenvalue weighted by Crippen LogP contribution is 2.22. The fourth-order valence-corrected chi connectivity index (χ4v) is 2.70. The summed E-state index contributed by atoms with van der Waals surface area (Å²) in [5, 5.41) is 7.30. The molecule has 0 radical (unpaired) electrons. The summed E-state index contributed by atoms with van der Waals surface area (Å²) in [6.07, 6.45) is 1.87. The van der Waals surface area contributed by atoms with E-state index in [1.807, 2.05) is 67.6 Å². The summed E-state index contributed by atoms with van der Waals surface area (Å²) in [6, 6.07) is 20.6. The Hall–Kier alpha value is -3.41. The van der Waals surface area contributed by atoms with Gasteiger partial charge in [-0.3, -0.25) is 4.79 Å². The first kappa shape index (κ1) is 19.4.